The summed E-state index contributed by atoms with van der Waals surface area (Å²) in [5.74, 6) is -1.24. The van der Waals surface area contributed by atoms with Gasteiger partial charge in [-0.05, 0) is 36.6 Å². The fraction of sp³-hybridized carbons (Fsp3) is 0.320. The molecular weight excluding hydrogens is 410 g/mol. The van der Waals surface area contributed by atoms with Gasteiger partial charge in [-0.25, -0.2) is 9.59 Å². The average molecular weight is 437 g/mol. The first-order valence-corrected chi connectivity index (χ1v) is 10.6. The zero-order chi connectivity index (χ0) is 23.1. The lowest BCUT2D eigenvalue weighted by atomic mass is 10.00. The fourth-order valence-electron chi connectivity index (χ4n) is 3.52. The Balaban J connectivity index is 1.71. The second-order valence-corrected chi connectivity index (χ2v) is 7.70. The number of hydrogen-bond donors (Lipinski definition) is 2. The highest BCUT2D eigenvalue weighted by Gasteiger charge is 2.19. The van der Waals surface area contributed by atoms with Gasteiger partial charge in [0.1, 0.15) is 17.4 Å². The molecule has 7 nitrogen and oxygen atoms in total. The van der Waals surface area contributed by atoms with Crippen molar-refractivity contribution in [3.05, 3.63) is 75.6 Å². The van der Waals surface area contributed by atoms with E-state index >= 15 is 0 Å². The molecule has 1 atom stereocenters. The summed E-state index contributed by atoms with van der Waals surface area (Å²) < 4.78 is 11.0. The summed E-state index contributed by atoms with van der Waals surface area (Å²) in [5, 5.41) is 12.5. The van der Waals surface area contributed by atoms with E-state index in [0.29, 0.717) is 36.2 Å². The van der Waals surface area contributed by atoms with Crippen molar-refractivity contribution in [1.82, 2.24) is 5.32 Å². The van der Waals surface area contributed by atoms with Crippen LogP contribution in [0.2, 0.25) is 0 Å². The number of rotatable bonds is 10. The van der Waals surface area contributed by atoms with E-state index in [-0.39, 0.29) is 6.61 Å². The molecular formula is C25H27NO6. The van der Waals surface area contributed by atoms with E-state index < -0.39 is 23.5 Å². The first-order valence-electron chi connectivity index (χ1n) is 10.6. The van der Waals surface area contributed by atoms with Gasteiger partial charge in [0.15, 0.2) is 6.61 Å². The molecule has 2 N–H and O–H groups in total. The highest BCUT2D eigenvalue weighted by Crippen LogP contribution is 2.25. The number of aliphatic carboxylic acids is 1. The quantitative estimate of drug-likeness (QED) is 0.467. The van der Waals surface area contributed by atoms with Crippen molar-refractivity contribution in [2.45, 2.75) is 45.6 Å². The Morgan fingerprint density at radius 3 is 2.59 bits per heavy atom. The Bertz CT molecular complexity index is 1150. The molecule has 0 aliphatic rings. The Kier molecular flexibility index (Phi) is 7.65. The molecule has 0 spiro atoms. The lowest BCUT2D eigenvalue weighted by Crippen LogP contribution is -2.42. The number of carbonyl (C=O) groups is 2. The van der Waals surface area contributed by atoms with E-state index in [1.807, 2.05) is 44.2 Å². The van der Waals surface area contributed by atoms with Crippen LogP contribution in [-0.4, -0.2) is 29.6 Å². The summed E-state index contributed by atoms with van der Waals surface area (Å²) in [6.07, 6.45) is 2.38. The van der Waals surface area contributed by atoms with E-state index in [1.165, 1.54) is 0 Å². The highest BCUT2D eigenvalue weighted by molar-refractivity contribution is 5.85. The van der Waals surface area contributed by atoms with Crippen molar-refractivity contribution in [2.75, 3.05) is 6.61 Å². The number of fused-ring (bicyclic) bond motifs is 1. The van der Waals surface area contributed by atoms with E-state index in [9.17, 15) is 19.5 Å². The molecule has 0 unspecified atom stereocenters. The zero-order valence-corrected chi connectivity index (χ0v) is 18.2. The first kappa shape index (κ1) is 23.1. The molecule has 0 aliphatic carbocycles. The van der Waals surface area contributed by atoms with Crippen molar-refractivity contribution in [3.63, 3.8) is 0 Å². The summed E-state index contributed by atoms with van der Waals surface area (Å²) in [7, 11) is 0. The molecule has 32 heavy (non-hydrogen) atoms. The van der Waals surface area contributed by atoms with Gasteiger partial charge >= 0.3 is 11.6 Å². The maximum atomic E-state index is 12.6. The zero-order valence-electron chi connectivity index (χ0n) is 18.2. The van der Waals surface area contributed by atoms with Crippen LogP contribution in [-0.2, 0) is 16.0 Å². The van der Waals surface area contributed by atoms with Crippen molar-refractivity contribution in [1.29, 1.82) is 0 Å². The largest absolute Gasteiger partial charge is 0.484 e. The predicted molar refractivity (Wildman–Crippen MR) is 121 cm³/mol. The fourth-order valence-corrected chi connectivity index (χ4v) is 3.52. The number of aryl methyl sites for hydroxylation is 1. The topological polar surface area (TPSA) is 106 Å². The molecule has 0 saturated heterocycles. The smallest absolute Gasteiger partial charge is 0.340 e. The molecule has 1 aromatic heterocycles. The standard InChI is InChI=1S/C25H27NO6/c1-3-4-10-21(24(28)29)26-23(27)15-31-18-11-12-19-16(2)20(25(30)32-22(19)14-18)13-17-8-6-5-7-9-17/h5-9,11-12,14,21H,3-4,10,13,15H2,1-2H3,(H,26,27)(H,28,29)/t21-/m1/s1. The minimum absolute atomic E-state index is 0.337. The van der Waals surface area contributed by atoms with E-state index in [4.69, 9.17) is 9.15 Å². The Morgan fingerprint density at radius 2 is 1.91 bits per heavy atom. The summed E-state index contributed by atoms with van der Waals surface area (Å²) in [6.45, 7) is 3.50. The summed E-state index contributed by atoms with van der Waals surface area (Å²) >= 11 is 0. The second kappa shape index (κ2) is 10.6. The van der Waals surface area contributed by atoms with Crippen molar-refractivity contribution >= 4 is 22.8 Å². The minimum Gasteiger partial charge on any atom is -0.484 e. The van der Waals surface area contributed by atoms with Crippen LogP contribution in [0, 0.1) is 6.92 Å². The van der Waals surface area contributed by atoms with Gasteiger partial charge in [0, 0.05) is 23.4 Å². The normalized spacial score (nSPS) is 11.8. The second-order valence-electron chi connectivity index (χ2n) is 7.70. The number of ether oxygens (including phenoxy) is 1. The monoisotopic (exact) mass is 437 g/mol. The molecule has 168 valence electrons. The molecule has 0 aliphatic heterocycles. The summed E-state index contributed by atoms with van der Waals surface area (Å²) in [5.41, 5.74) is 2.42. The summed E-state index contributed by atoms with van der Waals surface area (Å²) in [6, 6.07) is 13.8. The molecule has 1 heterocycles. The summed E-state index contributed by atoms with van der Waals surface area (Å²) in [4.78, 5) is 36.0. The lowest BCUT2D eigenvalue weighted by molar-refractivity contribution is -0.142. The van der Waals surface area contributed by atoms with Crippen LogP contribution >= 0.6 is 0 Å². The van der Waals surface area contributed by atoms with Crippen LogP contribution < -0.4 is 15.7 Å². The van der Waals surface area contributed by atoms with Crippen molar-refractivity contribution < 1.29 is 23.8 Å². The van der Waals surface area contributed by atoms with Crippen LogP contribution in [0.4, 0.5) is 0 Å². The van der Waals surface area contributed by atoms with Gasteiger partial charge in [0.2, 0.25) is 0 Å². The molecule has 0 saturated carbocycles. The number of carbonyl (C=O) groups excluding carboxylic acids is 1. The SMILES string of the molecule is CCCC[C@@H](NC(=O)COc1ccc2c(C)c(Cc3ccccc3)c(=O)oc2c1)C(=O)O. The van der Waals surface area contributed by atoms with E-state index in [2.05, 4.69) is 5.32 Å². The molecule has 0 fully saturated rings. The van der Waals surface area contributed by atoms with E-state index in [1.54, 1.807) is 18.2 Å². The molecule has 0 bridgehead atoms. The van der Waals surface area contributed by atoms with Gasteiger partial charge < -0.3 is 19.6 Å². The number of unbranched alkanes of at least 4 members (excludes halogenated alkanes) is 1. The number of nitrogens with one attached hydrogen (secondary N) is 1. The molecule has 0 radical (unpaired) electrons. The van der Waals surface area contributed by atoms with Crippen molar-refractivity contribution in [2.24, 2.45) is 0 Å². The van der Waals surface area contributed by atoms with Crippen LogP contribution in [0.25, 0.3) is 11.0 Å². The van der Waals surface area contributed by atoms with Gasteiger partial charge in [0.05, 0.1) is 0 Å². The first-order chi connectivity index (χ1) is 15.4. The molecule has 3 aromatic rings. The molecule has 3 rings (SSSR count). The van der Waals surface area contributed by atoms with Gasteiger partial charge in [-0.2, -0.15) is 0 Å². The van der Waals surface area contributed by atoms with Crippen LogP contribution in [0.5, 0.6) is 5.75 Å². The number of hydrogen-bond acceptors (Lipinski definition) is 5. The van der Waals surface area contributed by atoms with Crippen LogP contribution in [0.15, 0.2) is 57.7 Å². The molecule has 1 amide bonds. The third-order valence-electron chi connectivity index (χ3n) is 5.33. The van der Waals surface area contributed by atoms with Gasteiger partial charge in [-0.1, -0.05) is 50.1 Å². The molecule has 7 heteroatoms. The number of carboxylic acids is 1. The van der Waals surface area contributed by atoms with Gasteiger partial charge in [-0.15, -0.1) is 0 Å². The average Bonchev–Trinajstić information content (AvgIpc) is 2.78. The van der Waals surface area contributed by atoms with Crippen molar-refractivity contribution in [3.8, 4) is 5.75 Å². The number of carboxylic acid groups (broad SMARTS) is 1. The minimum atomic E-state index is -1.07. The maximum absolute atomic E-state index is 12.6. The Labute approximate surface area is 186 Å². The van der Waals surface area contributed by atoms with E-state index in [0.717, 1.165) is 22.9 Å². The highest BCUT2D eigenvalue weighted by atomic mass is 16.5. The third kappa shape index (κ3) is 5.75. The third-order valence-corrected chi connectivity index (χ3v) is 5.33. The molecule has 2 aromatic carbocycles. The predicted octanol–water partition coefficient (Wildman–Crippen LogP) is 3.83. The lowest BCUT2D eigenvalue weighted by Gasteiger charge is -2.14. The van der Waals surface area contributed by atoms with Gasteiger partial charge in [-0.3, -0.25) is 4.79 Å². The van der Waals surface area contributed by atoms with Gasteiger partial charge in [0.25, 0.3) is 5.91 Å². The maximum Gasteiger partial charge on any atom is 0.340 e. The van der Waals surface area contributed by atoms with Crippen LogP contribution in [0.1, 0.15) is 42.9 Å². The number of benzene rings is 2. The van der Waals surface area contributed by atoms with Crippen LogP contribution in [0.3, 0.4) is 0 Å². The Hall–Kier alpha value is -3.61. The Morgan fingerprint density at radius 1 is 1.16 bits per heavy atom. The number of amides is 1.